The van der Waals surface area contributed by atoms with E-state index in [9.17, 15) is 0 Å². The predicted molar refractivity (Wildman–Crippen MR) is 265 cm³/mol. The quantitative estimate of drug-likeness (QED) is 0.165. The van der Waals surface area contributed by atoms with Gasteiger partial charge in [0.25, 0.3) is 0 Å². The van der Waals surface area contributed by atoms with Crippen molar-refractivity contribution in [1.82, 2.24) is 15.0 Å². The highest BCUT2D eigenvalue weighted by Crippen LogP contribution is 2.62. The number of hydrogen-bond donors (Lipinski definition) is 0. The maximum atomic E-state index is 6.50. The molecule has 5 heteroatoms. The number of nitrogens with zero attached hydrogens (tertiary/aromatic N) is 3. The second-order valence-electron chi connectivity index (χ2n) is 17.0. The summed E-state index contributed by atoms with van der Waals surface area (Å²) < 4.78 is 6.50. The molecule has 14 rings (SSSR count). The van der Waals surface area contributed by atoms with Crippen molar-refractivity contribution in [2.45, 2.75) is 15.2 Å². The molecule has 0 radical (unpaired) electrons. The van der Waals surface area contributed by atoms with E-state index in [0.717, 1.165) is 77.6 Å². The fourth-order valence-corrected chi connectivity index (χ4v) is 11.9. The Kier molecular flexibility index (Phi) is 7.80. The van der Waals surface area contributed by atoms with E-state index in [0.29, 0.717) is 5.82 Å². The van der Waals surface area contributed by atoms with Crippen molar-refractivity contribution < 1.29 is 4.42 Å². The van der Waals surface area contributed by atoms with E-state index in [1.54, 1.807) is 0 Å². The van der Waals surface area contributed by atoms with Gasteiger partial charge in [-0.05, 0) is 81.2 Å². The summed E-state index contributed by atoms with van der Waals surface area (Å²) in [4.78, 5) is 18.3. The second kappa shape index (κ2) is 13.9. The Morgan fingerprint density at radius 2 is 1.00 bits per heavy atom. The van der Waals surface area contributed by atoms with E-state index in [-0.39, 0.29) is 0 Å². The lowest BCUT2D eigenvalue weighted by molar-refractivity contribution is 0.670. The highest BCUT2D eigenvalue weighted by Gasteiger charge is 2.50. The Labute approximate surface area is 378 Å². The molecule has 3 aromatic heterocycles. The van der Waals surface area contributed by atoms with Gasteiger partial charge in [0.1, 0.15) is 11.2 Å². The lowest BCUT2D eigenvalue weighted by atomic mass is 9.67. The molecule has 0 N–H and O–H groups in total. The summed E-state index contributed by atoms with van der Waals surface area (Å²) in [6.45, 7) is 0. The van der Waals surface area contributed by atoms with Gasteiger partial charge in [0.15, 0.2) is 5.82 Å². The van der Waals surface area contributed by atoms with Crippen LogP contribution in [0.3, 0.4) is 0 Å². The van der Waals surface area contributed by atoms with Crippen molar-refractivity contribution >= 4 is 55.4 Å². The third kappa shape index (κ3) is 5.30. The molecule has 0 unspecified atom stereocenters. The fourth-order valence-electron chi connectivity index (χ4n) is 10.7. The smallest absolute Gasteiger partial charge is 0.160 e. The molecule has 4 heterocycles. The SMILES string of the molecule is c1ccc(-c2nc(-c3ccc(-c4nc5ccccc5c5cc6c(cc45)Sc4ccccc4C64c5ccccc5-c5ccccc54)cc3)cc(-c3cccc4c3oc3ccccc34)n2)cc1. The molecule has 0 amide bonds. The number of benzene rings is 9. The van der Waals surface area contributed by atoms with E-state index >= 15 is 0 Å². The number of pyridine rings is 1. The Morgan fingerprint density at radius 3 is 1.82 bits per heavy atom. The minimum absolute atomic E-state index is 0.463. The highest BCUT2D eigenvalue weighted by molar-refractivity contribution is 7.99. The molecule has 0 atom stereocenters. The number of aromatic nitrogens is 3. The van der Waals surface area contributed by atoms with Gasteiger partial charge in [-0.3, -0.25) is 0 Å². The maximum Gasteiger partial charge on any atom is 0.160 e. The molecule has 0 fully saturated rings. The van der Waals surface area contributed by atoms with Crippen molar-refractivity contribution in [3.8, 4) is 56.3 Å². The van der Waals surface area contributed by atoms with Gasteiger partial charge in [-0.1, -0.05) is 182 Å². The largest absolute Gasteiger partial charge is 0.455 e. The summed E-state index contributed by atoms with van der Waals surface area (Å²) in [5.74, 6) is 0.659. The molecule has 0 saturated carbocycles. The summed E-state index contributed by atoms with van der Waals surface area (Å²) >= 11 is 1.87. The van der Waals surface area contributed by atoms with Gasteiger partial charge in [0.05, 0.1) is 28.0 Å². The van der Waals surface area contributed by atoms with Gasteiger partial charge >= 0.3 is 0 Å². The molecule has 0 saturated heterocycles. The van der Waals surface area contributed by atoms with E-state index in [2.05, 4.69) is 182 Å². The Morgan fingerprint density at radius 1 is 0.369 bits per heavy atom. The van der Waals surface area contributed by atoms with Crippen LogP contribution in [0.4, 0.5) is 0 Å². The normalized spacial score (nSPS) is 13.3. The average Bonchev–Trinajstić information content (AvgIpc) is 3.90. The van der Waals surface area contributed by atoms with Crippen LogP contribution in [0, 0.1) is 0 Å². The number of rotatable bonds is 4. The summed E-state index contributed by atoms with van der Waals surface area (Å²) in [5.41, 5.74) is 16.6. The molecule has 2 aliphatic rings. The topological polar surface area (TPSA) is 51.8 Å². The molecule has 65 heavy (non-hydrogen) atoms. The highest BCUT2D eigenvalue weighted by atomic mass is 32.2. The zero-order valence-corrected chi connectivity index (χ0v) is 35.7. The van der Waals surface area contributed by atoms with Crippen LogP contribution in [0.5, 0.6) is 0 Å². The zero-order valence-electron chi connectivity index (χ0n) is 34.9. The van der Waals surface area contributed by atoms with Gasteiger partial charge in [-0.25, -0.2) is 15.0 Å². The molecule has 302 valence electrons. The Balaban J connectivity index is 0.952. The first-order valence-corrected chi connectivity index (χ1v) is 22.8. The number of para-hydroxylation sites is 3. The summed E-state index contributed by atoms with van der Waals surface area (Å²) in [7, 11) is 0. The Bertz CT molecular complexity index is 3880. The van der Waals surface area contributed by atoms with E-state index in [1.807, 2.05) is 42.1 Å². The molecule has 4 nitrogen and oxygen atoms in total. The van der Waals surface area contributed by atoms with Crippen LogP contribution >= 0.6 is 11.8 Å². The van der Waals surface area contributed by atoms with Crippen molar-refractivity contribution in [2.24, 2.45) is 0 Å². The van der Waals surface area contributed by atoms with Crippen molar-refractivity contribution in [2.75, 3.05) is 0 Å². The lowest BCUT2D eigenvalue weighted by Crippen LogP contribution is -2.32. The van der Waals surface area contributed by atoms with Crippen LogP contribution in [-0.2, 0) is 5.41 Å². The predicted octanol–water partition coefficient (Wildman–Crippen LogP) is 15.6. The molecular formula is C60H35N3OS. The first-order chi connectivity index (χ1) is 32.2. The number of hydrogen-bond acceptors (Lipinski definition) is 5. The van der Waals surface area contributed by atoms with E-state index in [1.165, 1.54) is 48.6 Å². The third-order valence-corrected chi connectivity index (χ3v) is 14.7. The first kappa shape index (κ1) is 36.4. The van der Waals surface area contributed by atoms with Crippen LogP contribution in [0.25, 0.3) is 99.9 Å². The molecule has 0 bridgehead atoms. The van der Waals surface area contributed by atoms with Gasteiger partial charge in [0, 0.05) is 53.6 Å². The van der Waals surface area contributed by atoms with E-state index in [4.69, 9.17) is 19.4 Å². The zero-order chi connectivity index (χ0) is 42.6. The lowest BCUT2D eigenvalue weighted by Gasteiger charge is -2.40. The first-order valence-electron chi connectivity index (χ1n) is 22.0. The van der Waals surface area contributed by atoms with Crippen molar-refractivity contribution in [1.29, 1.82) is 0 Å². The molecule has 1 aliphatic heterocycles. The van der Waals surface area contributed by atoms with Gasteiger partial charge in [0.2, 0.25) is 0 Å². The van der Waals surface area contributed by atoms with Gasteiger partial charge in [-0.15, -0.1) is 0 Å². The number of fused-ring (bicyclic) bond motifs is 15. The molecule has 1 spiro atoms. The van der Waals surface area contributed by atoms with Crippen molar-refractivity contribution in [3.05, 3.63) is 235 Å². The van der Waals surface area contributed by atoms with E-state index < -0.39 is 5.41 Å². The minimum Gasteiger partial charge on any atom is -0.455 e. The summed E-state index contributed by atoms with van der Waals surface area (Å²) in [5, 5.41) is 5.63. The van der Waals surface area contributed by atoms with Crippen LogP contribution in [-0.4, -0.2) is 15.0 Å². The second-order valence-corrected chi connectivity index (χ2v) is 18.1. The van der Waals surface area contributed by atoms with Crippen LogP contribution in [0.2, 0.25) is 0 Å². The van der Waals surface area contributed by atoms with Crippen LogP contribution in [0.15, 0.2) is 227 Å². The molecule has 9 aromatic carbocycles. The fraction of sp³-hybridized carbons (Fsp3) is 0.0167. The monoisotopic (exact) mass is 845 g/mol. The van der Waals surface area contributed by atoms with Crippen LogP contribution < -0.4 is 0 Å². The van der Waals surface area contributed by atoms with Gasteiger partial charge < -0.3 is 4.42 Å². The maximum absolute atomic E-state index is 6.50. The third-order valence-electron chi connectivity index (χ3n) is 13.6. The summed E-state index contributed by atoms with van der Waals surface area (Å²) in [6, 6.07) is 76.0. The standard InChI is InChI=1S/C60H35N3OS/c1-2-15-38(16-3-1)59-62-52(35-53(63-59)44-22-14-21-43-42-20-7-12-27-54(42)64-58(43)44)36-29-31-37(32-30-36)57-46-34-56-50(33-45(46)41-19-6-11-26-51(41)61-57)60(49-25-10-13-28-55(49)65-56)47-23-8-4-17-39(47)40-18-5-9-24-48(40)60/h1-35H. The minimum atomic E-state index is -0.463. The summed E-state index contributed by atoms with van der Waals surface area (Å²) in [6.07, 6.45) is 0. The number of furan rings is 1. The van der Waals surface area contributed by atoms with Gasteiger partial charge in [-0.2, -0.15) is 0 Å². The Hall–Kier alpha value is -8.12. The average molecular weight is 846 g/mol. The molecular weight excluding hydrogens is 811 g/mol. The molecule has 1 aliphatic carbocycles. The molecule has 12 aromatic rings. The van der Waals surface area contributed by atoms with Crippen molar-refractivity contribution in [3.63, 3.8) is 0 Å². The van der Waals surface area contributed by atoms with Crippen LogP contribution in [0.1, 0.15) is 22.3 Å².